The van der Waals surface area contributed by atoms with E-state index in [0.717, 1.165) is 0 Å². The van der Waals surface area contributed by atoms with Crippen LogP contribution in [0.3, 0.4) is 0 Å². The van der Waals surface area contributed by atoms with Gasteiger partial charge in [-0.3, -0.25) is 0 Å². The number of ether oxygens (including phenoxy) is 1. The van der Waals surface area contributed by atoms with Crippen molar-refractivity contribution < 1.29 is 9.13 Å². The summed E-state index contributed by atoms with van der Waals surface area (Å²) in [5, 5.41) is 0.00769. The zero-order chi connectivity index (χ0) is 8.72. The molecule has 1 aliphatic heterocycles. The molecule has 64 valence electrons. The van der Waals surface area contributed by atoms with Crippen molar-refractivity contribution in [3.05, 3.63) is 27.8 Å². The van der Waals surface area contributed by atoms with E-state index >= 15 is 0 Å². The first-order valence-corrected chi connectivity index (χ1v) is 4.07. The van der Waals surface area contributed by atoms with Crippen LogP contribution in [0.2, 0.25) is 10.3 Å². The third-order valence-corrected chi connectivity index (χ3v) is 2.16. The van der Waals surface area contributed by atoms with E-state index in [2.05, 4.69) is 4.98 Å². The largest absolute Gasteiger partial charge is 0.368 e. The van der Waals surface area contributed by atoms with Crippen molar-refractivity contribution in [2.24, 2.45) is 0 Å². The zero-order valence-corrected chi connectivity index (χ0v) is 7.36. The van der Waals surface area contributed by atoms with Crippen LogP contribution in [0.1, 0.15) is 11.7 Å². The van der Waals surface area contributed by atoms with Gasteiger partial charge in [-0.05, 0) is 6.07 Å². The van der Waals surface area contributed by atoms with Crippen LogP contribution in [-0.4, -0.2) is 11.6 Å². The minimum Gasteiger partial charge on any atom is -0.368 e. The van der Waals surface area contributed by atoms with Crippen molar-refractivity contribution in [3.8, 4) is 0 Å². The third kappa shape index (κ3) is 1.40. The highest BCUT2D eigenvalue weighted by molar-refractivity contribution is 6.33. The Morgan fingerprint density at radius 3 is 2.75 bits per heavy atom. The molecular formula is C7H4Cl2FNO. The fraction of sp³-hybridized carbons (Fsp3) is 0.286. The normalized spacial score (nSPS) is 21.1. The van der Waals surface area contributed by atoms with Crippen LogP contribution in [0.5, 0.6) is 0 Å². The number of rotatable bonds is 1. The van der Waals surface area contributed by atoms with Crippen LogP contribution in [-0.2, 0) is 4.74 Å². The van der Waals surface area contributed by atoms with Gasteiger partial charge in [0, 0.05) is 5.56 Å². The summed E-state index contributed by atoms with van der Waals surface area (Å²) in [5.74, 6) is -0.563. The lowest BCUT2D eigenvalue weighted by molar-refractivity contribution is 0.414. The van der Waals surface area contributed by atoms with Crippen LogP contribution >= 0.6 is 23.2 Å². The number of epoxide rings is 1. The van der Waals surface area contributed by atoms with Crippen LogP contribution in [0, 0.1) is 5.82 Å². The molecule has 12 heavy (non-hydrogen) atoms. The molecule has 2 rings (SSSR count). The molecule has 1 fully saturated rings. The summed E-state index contributed by atoms with van der Waals surface area (Å²) in [6.45, 7) is 0.572. The fourth-order valence-corrected chi connectivity index (χ4v) is 1.36. The third-order valence-electron chi connectivity index (χ3n) is 1.59. The second-order valence-electron chi connectivity index (χ2n) is 2.46. The maximum atomic E-state index is 12.8. The molecule has 0 radical (unpaired) electrons. The molecule has 2 heterocycles. The standard InChI is InChI=1S/C7H4Cl2FNO/c8-6-3(5-2-12-5)1-4(10)7(9)11-6/h1,5H,2H2/t5-/m0/s1. The SMILES string of the molecule is Fc1cc([C@@H]2CO2)c(Cl)nc1Cl. The van der Waals surface area contributed by atoms with E-state index in [-0.39, 0.29) is 16.4 Å². The molecule has 0 bridgehead atoms. The van der Waals surface area contributed by atoms with Crippen LogP contribution in [0.15, 0.2) is 6.07 Å². The number of hydrogen-bond donors (Lipinski definition) is 0. The second kappa shape index (κ2) is 2.83. The van der Waals surface area contributed by atoms with Crippen LogP contribution in [0.25, 0.3) is 0 Å². The lowest BCUT2D eigenvalue weighted by atomic mass is 10.2. The van der Waals surface area contributed by atoms with Gasteiger partial charge in [-0.1, -0.05) is 23.2 Å². The highest BCUT2D eigenvalue weighted by Crippen LogP contribution is 2.35. The van der Waals surface area contributed by atoms with Crippen molar-refractivity contribution in [2.45, 2.75) is 6.10 Å². The number of aromatic nitrogens is 1. The Morgan fingerprint density at radius 1 is 1.50 bits per heavy atom. The monoisotopic (exact) mass is 207 g/mol. The predicted molar refractivity (Wildman–Crippen MR) is 42.9 cm³/mol. The molecule has 1 saturated heterocycles. The summed E-state index contributed by atoms with van der Waals surface area (Å²) in [7, 11) is 0. The molecule has 0 unspecified atom stereocenters. The summed E-state index contributed by atoms with van der Waals surface area (Å²) in [6.07, 6.45) is -0.100. The van der Waals surface area contributed by atoms with Crippen molar-refractivity contribution in [1.82, 2.24) is 4.98 Å². The Kier molecular flexibility index (Phi) is 1.94. The van der Waals surface area contributed by atoms with Crippen molar-refractivity contribution in [2.75, 3.05) is 6.61 Å². The van der Waals surface area contributed by atoms with Gasteiger partial charge in [0.2, 0.25) is 0 Å². The topological polar surface area (TPSA) is 25.4 Å². The maximum Gasteiger partial charge on any atom is 0.166 e. The van der Waals surface area contributed by atoms with Crippen LogP contribution < -0.4 is 0 Å². The zero-order valence-electron chi connectivity index (χ0n) is 5.85. The average molecular weight is 208 g/mol. The lowest BCUT2D eigenvalue weighted by Crippen LogP contribution is -1.91. The van der Waals surface area contributed by atoms with E-state index in [9.17, 15) is 4.39 Å². The summed E-state index contributed by atoms with van der Waals surface area (Å²) < 4.78 is 17.8. The minimum absolute atomic E-state index is 0.100. The van der Waals surface area contributed by atoms with Gasteiger partial charge < -0.3 is 4.74 Å². The molecule has 1 aromatic heterocycles. The molecule has 0 spiro atoms. The molecule has 1 aromatic rings. The Hall–Kier alpha value is -0.380. The first-order chi connectivity index (χ1) is 5.68. The number of halogens is 3. The van der Waals surface area contributed by atoms with Gasteiger partial charge in [-0.15, -0.1) is 0 Å². The second-order valence-corrected chi connectivity index (χ2v) is 3.18. The number of hydrogen-bond acceptors (Lipinski definition) is 2. The van der Waals surface area contributed by atoms with Gasteiger partial charge in [0.05, 0.1) is 6.61 Å². The molecule has 0 amide bonds. The van der Waals surface area contributed by atoms with E-state index < -0.39 is 5.82 Å². The number of pyridine rings is 1. The van der Waals surface area contributed by atoms with Gasteiger partial charge >= 0.3 is 0 Å². The highest BCUT2D eigenvalue weighted by atomic mass is 35.5. The van der Waals surface area contributed by atoms with Gasteiger partial charge in [-0.2, -0.15) is 0 Å². The van der Waals surface area contributed by atoms with Gasteiger partial charge in [0.15, 0.2) is 11.0 Å². The molecular weight excluding hydrogens is 204 g/mol. The smallest absolute Gasteiger partial charge is 0.166 e. The highest BCUT2D eigenvalue weighted by Gasteiger charge is 2.28. The van der Waals surface area contributed by atoms with Crippen LogP contribution in [0.4, 0.5) is 4.39 Å². The molecule has 0 aromatic carbocycles. The molecule has 0 saturated carbocycles. The Morgan fingerprint density at radius 2 is 2.17 bits per heavy atom. The van der Waals surface area contributed by atoms with Gasteiger partial charge in [0.25, 0.3) is 0 Å². The Labute approximate surface area is 78.3 Å². The lowest BCUT2D eigenvalue weighted by Gasteiger charge is -2.00. The van der Waals surface area contributed by atoms with E-state index in [1.807, 2.05) is 0 Å². The molecule has 2 nitrogen and oxygen atoms in total. The predicted octanol–water partition coefficient (Wildman–Crippen LogP) is 2.60. The van der Waals surface area contributed by atoms with E-state index in [1.54, 1.807) is 0 Å². The molecule has 0 aliphatic carbocycles. The maximum absolute atomic E-state index is 12.8. The first kappa shape index (κ1) is 8.23. The van der Waals surface area contributed by atoms with E-state index in [1.165, 1.54) is 6.07 Å². The summed E-state index contributed by atoms with van der Waals surface area (Å²) in [5.41, 5.74) is 0.568. The minimum atomic E-state index is -0.563. The molecule has 1 aliphatic rings. The molecule has 0 N–H and O–H groups in total. The first-order valence-electron chi connectivity index (χ1n) is 3.31. The van der Waals surface area contributed by atoms with Crippen molar-refractivity contribution in [3.63, 3.8) is 0 Å². The summed E-state index contributed by atoms with van der Waals surface area (Å²) >= 11 is 11.1. The summed E-state index contributed by atoms with van der Waals surface area (Å²) in [6, 6.07) is 1.26. The molecule has 5 heteroatoms. The van der Waals surface area contributed by atoms with Crippen molar-refractivity contribution >= 4 is 23.2 Å². The quantitative estimate of drug-likeness (QED) is 0.523. The van der Waals surface area contributed by atoms with E-state index in [0.29, 0.717) is 12.2 Å². The van der Waals surface area contributed by atoms with E-state index in [4.69, 9.17) is 27.9 Å². The van der Waals surface area contributed by atoms with Crippen molar-refractivity contribution in [1.29, 1.82) is 0 Å². The van der Waals surface area contributed by atoms with Gasteiger partial charge in [-0.25, -0.2) is 9.37 Å². The summed E-state index contributed by atoms with van der Waals surface area (Å²) in [4.78, 5) is 3.61. The van der Waals surface area contributed by atoms with Gasteiger partial charge in [0.1, 0.15) is 11.3 Å². The Balaban J connectivity index is 2.47. The molecule has 1 atom stereocenters. The average Bonchev–Trinajstić information content (AvgIpc) is 2.79. The number of nitrogens with zero attached hydrogens (tertiary/aromatic N) is 1. The fourth-order valence-electron chi connectivity index (χ4n) is 0.913. The Bertz CT molecular complexity index is 327.